The van der Waals surface area contributed by atoms with E-state index in [1.54, 1.807) is 0 Å². The van der Waals surface area contributed by atoms with Crippen molar-refractivity contribution in [3.8, 4) is 0 Å². The number of hydrogen-bond acceptors (Lipinski definition) is 1. The SMILES string of the molecule is O=PCC1C[C@@H]2C=C[C@H]1C2. The lowest BCUT2D eigenvalue weighted by Crippen LogP contribution is -2.07. The molecule has 0 saturated heterocycles. The Bertz CT molecular complexity index is 176. The van der Waals surface area contributed by atoms with Crippen LogP contribution in [0.1, 0.15) is 12.8 Å². The second-order valence-electron chi connectivity index (χ2n) is 3.35. The van der Waals surface area contributed by atoms with Crippen molar-refractivity contribution in [1.82, 2.24) is 0 Å². The topological polar surface area (TPSA) is 17.1 Å². The zero-order valence-electron chi connectivity index (χ0n) is 5.86. The molecule has 0 radical (unpaired) electrons. The van der Waals surface area contributed by atoms with Gasteiger partial charge in [-0.05, 0) is 30.6 Å². The van der Waals surface area contributed by atoms with E-state index in [-0.39, 0.29) is 0 Å². The van der Waals surface area contributed by atoms with Crippen LogP contribution in [0.15, 0.2) is 12.2 Å². The number of hydrogen-bond donors (Lipinski definition) is 0. The van der Waals surface area contributed by atoms with Gasteiger partial charge in [0.1, 0.15) is 0 Å². The summed E-state index contributed by atoms with van der Waals surface area (Å²) < 4.78 is 10.3. The van der Waals surface area contributed by atoms with Gasteiger partial charge >= 0.3 is 0 Å². The molecule has 1 saturated carbocycles. The fraction of sp³-hybridized carbons (Fsp3) is 0.750. The van der Waals surface area contributed by atoms with Crippen molar-refractivity contribution in [2.24, 2.45) is 17.8 Å². The Morgan fingerprint density at radius 3 is 2.80 bits per heavy atom. The van der Waals surface area contributed by atoms with Crippen LogP contribution in [0.3, 0.4) is 0 Å². The zero-order chi connectivity index (χ0) is 6.97. The third-order valence-electron chi connectivity index (χ3n) is 2.73. The average molecular weight is 154 g/mol. The molecular weight excluding hydrogens is 143 g/mol. The van der Waals surface area contributed by atoms with E-state index in [9.17, 15) is 4.57 Å². The van der Waals surface area contributed by atoms with E-state index >= 15 is 0 Å². The predicted molar refractivity (Wildman–Crippen MR) is 41.3 cm³/mol. The first-order valence-corrected chi connectivity index (χ1v) is 4.87. The van der Waals surface area contributed by atoms with Gasteiger partial charge in [-0.25, -0.2) is 0 Å². The van der Waals surface area contributed by atoms with Crippen molar-refractivity contribution < 1.29 is 4.57 Å². The van der Waals surface area contributed by atoms with E-state index in [2.05, 4.69) is 12.2 Å². The van der Waals surface area contributed by atoms with Gasteiger partial charge in [0.25, 0.3) is 0 Å². The Balaban J connectivity index is 2.02. The highest BCUT2D eigenvalue weighted by Crippen LogP contribution is 2.44. The maximum atomic E-state index is 10.3. The van der Waals surface area contributed by atoms with Gasteiger partial charge in [-0.15, -0.1) is 0 Å². The van der Waals surface area contributed by atoms with Crippen LogP contribution >= 0.6 is 8.46 Å². The first-order chi connectivity index (χ1) is 4.90. The molecule has 54 valence electrons. The van der Waals surface area contributed by atoms with E-state index in [4.69, 9.17) is 0 Å². The van der Waals surface area contributed by atoms with E-state index in [1.807, 2.05) is 0 Å². The van der Waals surface area contributed by atoms with E-state index in [0.717, 1.165) is 23.9 Å². The number of allylic oxidation sites excluding steroid dienone is 2. The first kappa shape index (κ1) is 6.54. The third kappa shape index (κ3) is 0.932. The van der Waals surface area contributed by atoms with Gasteiger partial charge in [-0.1, -0.05) is 12.2 Å². The zero-order valence-corrected chi connectivity index (χ0v) is 6.76. The van der Waals surface area contributed by atoms with Crippen molar-refractivity contribution in [2.75, 3.05) is 6.16 Å². The Labute approximate surface area is 62.7 Å². The lowest BCUT2D eigenvalue weighted by atomic mass is 9.96. The minimum Gasteiger partial charge on any atom is -0.275 e. The van der Waals surface area contributed by atoms with Gasteiger partial charge in [0, 0.05) is 6.16 Å². The molecule has 1 fully saturated rings. The van der Waals surface area contributed by atoms with E-state index in [1.165, 1.54) is 12.8 Å². The smallest absolute Gasteiger partial charge is 0.155 e. The van der Waals surface area contributed by atoms with Crippen LogP contribution in [-0.2, 0) is 4.57 Å². The summed E-state index contributed by atoms with van der Waals surface area (Å²) in [6.07, 6.45) is 8.13. The van der Waals surface area contributed by atoms with Gasteiger partial charge in [0.05, 0.1) is 0 Å². The van der Waals surface area contributed by atoms with Gasteiger partial charge in [0.15, 0.2) is 8.46 Å². The number of rotatable bonds is 2. The summed E-state index contributed by atoms with van der Waals surface area (Å²) in [5.74, 6) is 2.33. The highest BCUT2D eigenvalue weighted by molar-refractivity contribution is 7.23. The molecule has 1 unspecified atom stereocenters. The summed E-state index contributed by atoms with van der Waals surface area (Å²) in [4.78, 5) is 0. The first-order valence-electron chi connectivity index (χ1n) is 3.87. The standard InChI is InChI=1S/C8H11OP/c9-10-5-8-4-6-1-2-7(8)3-6/h1-2,6-8H,3-5H2/t6-,7+,8?/m1/s1. The van der Waals surface area contributed by atoms with Crippen LogP contribution in [0.4, 0.5) is 0 Å². The second-order valence-corrected chi connectivity index (χ2v) is 3.98. The van der Waals surface area contributed by atoms with Crippen molar-refractivity contribution in [3.05, 3.63) is 12.2 Å². The number of fused-ring (bicyclic) bond motifs is 2. The van der Waals surface area contributed by atoms with E-state index < -0.39 is 0 Å². The fourth-order valence-electron chi connectivity index (χ4n) is 2.20. The molecule has 2 heteroatoms. The van der Waals surface area contributed by atoms with Crippen LogP contribution in [0.2, 0.25) is 0 Å². The summed E-state index contributed by atoms with van der Waals surface area (Å²) in [7, 11) is 0.336. The minimum atomic E-state index is 0.336. The maximum Gasteiger partial charge on any atom is 0.155 e. The van der Waals surface area contributed by atoms with Crippen molar-refractivity contribution in [3.63, 3.8) is 0 Å². The lowest BCUT2D eigenvalue weighted by molar-refractivity contribution is 0.492. The molecule has 0 amide bonds. The van der Waals surface area contributed by atoms with Crippen LogP contribution in [0.25, 0.3) is 0 Å². The Morgan fingerprint density at radius 1 is 1.40 bits per heavy atom. The molecule has 0 N–H and O–H groups in total. The van der Waals surface area contributed by atoms with Gasteiger partial charge in [-0.2, -0.15) is 0 Å². The van der Waals surface area contributed by atoms with Gasteiger partial charge in [0.2, 0.25) is 0 Å². The molecule has 0 heterocycles. The van der Waals surface area contributed by atoms with Crippen LogP contribution in [-0.4, -0.2) is 6.16 Å². The van der Waals surface area contributed by atoms with Crippen LogP contribution < -0.4 is 0 Å². The summed E-state index contributed by atoms with van der Waals surface area (Å²) in [6.45, 7) is 0. The Morgan fingerprint density at radius 2 is 2.30 bits per heavy atom. The minimum absolute atomic E-state index is 0.336. The predicted octanol–water partition coefficient (Wildman–Crippen LogP) is 2.49. The molecule has 2 aliphatic rings. The van der Waals surface area contributed by atoms with Crippen LogP contribution in [0.5, 0.6) is 0 Å². The van der Waals surface area contributed by atoms with Crippen LogP contribution in [0, 0.1) is 17.8 Å². The molecule has 10 heavy (non-hydrogen) atoms. The molecule has 0 aromatic carbocycles. The molecule has 3 atom stereocenters. The quantitative estimate of drug-likeness (QED) is 0.441. The average Bonchev–Trinajstić information content (AvgIpc) is 2.48. The second kappa shape index (κ2) is 2.47. The molecule has 0 spiro atoms. The molecule has 2 bridgehead atoms. The fourth-order valence-corrected chi connectivity index (χ4v) is 2.81. The molecule has 0 aromatic heterocycles. The Kier molecular flexibility index (Phi) is 1.61. The van der Waals surface area contributed by atoms with Crippen molar-refractivity contribution >= 4 is 8.46 Å². The van der Waals surface area contributed by atoms with Crippen molar-refractivity contribution in [1.29, 1.82) is 0 Å². The molecule has 2 rings (SSSR count). The lowest BCUT2D eigenvalue weighted by Gasteiger charge is -2.13. The molecule has 1 nitrogen and oxygen atoms in total. The molecule has 2 aliphatic carbocycles. The molecule has 0 aliphatic heterocycles. The largest absolute Gasteiger partial charge is 0.275 e. The molecular formula is C8H11OP. The van der Waals surface area contributed by atoms with Gasteiger partial charge < -0.3 is 0 Å². The Hall–Kier alpha value is -0.160. The summed E-state index contributed by atoms with van der Waals surface area (Å²) in [5, 5.41) is 0. The molecule has 0 aromatic rings. The normalized spacial score (nSPS) is 43.4. The summed E-state index contributed by atoms with van der Waals surface area (Å²) >= 11 is 0. The maximum absolute atomic E-state index is 10.3. The third-order valence-corrected chi connectivity index (χ3v) is 3.34. The highest BCUT2D eigenvalue weighted by Gasteiger charge is 2.35. The monoisotopic (exact) mass is 154 g/mol. The van der Waals surface area contributed by atoms with E-state index in [0.29, 0.717) is 8.46 Å². The summed E-state index contributed by atoms with van der Waals surface area (Å²) in [5.41, 5.74) is 0. The highest BCUT2D eigenvalue weighted by atomic mass is 31.1. The summed E-state index contributed by atoms with van der Waals surface area (Å²) in [6, 6.07) is 0. The van der Waals surface area contributed by atoms with Crippen molar-refractivity contribution in [2.45, 2.75) is 12.8 Å². The van der Waals surface area contributed by atoms with Gasteiger partial charge in [-0.3, -0.25) is 4.57 Å².